The fraction of sp³-hybridized carbons (Fsp3) is 0.750. The van der Waals surface area contributed by atoms with Crippen LogP contribution in [0.4, 0.5) is 0 Å². The Morgan fingerprint density at radius 2 is 2.13 bits per heavy atom. The summed E-state index contributed by atoms with van der Waals surface area (Å²) >= 11 is 0. The van der Waals surface area contributed by atoms with Gasteiger partial charge in [-0.2, -0.15) is 0 Å². The van der Waals surface area contributed by atoms with Crippen LogP contribution in [-0.2, 0) is 4.79 Å². The van der Waals surface area contributed by atoms with Gasteiger partial charge in [0.1, 0.15) is 0 Å². The number of hydrogen-bond donors (Lipinski definition) is 2. The summed E-state index contributed by atoms with van der Waals surface area (Å²) < 4.78 is 0. The first-order valence-corrected chi connectivity index (χ1v) is 5.77. The first kappa shape index (κ1) is 10.7. The minimum Gasteiger partial charge on any atom is -0.352 e. The number of rotatable bonds is 3. The third-order valence-electron chi connectivity index (χ3n) is 3.85. The molecular formula is C12H20N2O. The van der Waals surface area contributed by atoms with E-state index in [1.807, 2.05) is 6.92 Å². The van der Waals surface area contributed by atoms with Crippen LogP contribution in [-0.4, -0.2) is 18.5 Å². The van der Waals surface area contributed by atoms with Crippen molar-refractivity contribution < 1.29 is 4.79 Å². The number of amides is 1. The molecule has 0 spiro atoms. The van der Waals surface area contributed by atoms with Gasteiger partial charge < -0.3 is 11.1 Å². The van der Waals surface area contributed by atoms with E-state index in [9.17, 15) is 4.79 Å². The second kappa shape index (κ2) is 3.97. The predicted molar refractivity (Wildman–Crippen MR) is 60.1 cm³/mol. The minimum atomic E-state index is 0.0584. The molecule has 0 aromatic carbocycles. The second-order valence-corrected chi connectivity index (χ2v) is 5.11. The average molecular weight is 208 g/mol. The molecule has 15 heavy (non-hydrogen) atoms. The first-order valence-electron chi connectivity index (χ1n) is 5.77. The van der Waals surface area contributed by atoms with Crippen LogP contribution in [0.1, 0.15) is 26.2 Å². The van der Waals surface area contributed by atoms with Crippen LogP contribution >= 0.6 is 0 Å². The molecule has 1 amide bonds. The number of hydrogen-bond acceptors (Lipinski definition) is 2. The van der Waals surface area contributed by atoms with E-state index in [1.54, 1.807) is 0 Å². The Bertz CT molecular complexity index is 285. The lowest BCUT2D eigenvalue weighted by Crippen LogP contribution is -2.45. The van der Waals surface area contributed by atoms with Crippen LogP contribution in [0.2, 0.25) is 0 Å². The van der Waals surface area contributed by atoms with Crippen LogP contribution in [0.25, 0.3) is 0 Å². The van der Waals surface area contributed by atoms with Gasteiger partial charge in [-0.3, -0.25) is 4.79 Å². The van der Waals surface area contributed by atoms with Gasteiger partial charge in [0.2, 0.25) is 5.91 Å². The molecular weight excluding hydrogens is 188 g/mol. The Morgan fingerprint density at radius 1 is 1.47 bits per heavy atom. The van der Waals surface area contributed by atoms with Crippen molar-refractivity contribution in [2.75, 3.05) is 6.54 Å². The highest BCUT2D eigenvalue weighted by Crippen LogP contribution is 2.47. The summed E-state index contributed by atoms with van der Waals surface area (Å²) in [6.45, 7) is 6.28. The van der Waals surface area contributed by atoms with E-state index in [1.165, 1.54) is 12.8 Å². The second-order valence-electron chi connectivity index (χ2n) is 5.11. The number of fused-ring (bicyclic) bond motifs is 2. The molecule has 4 atom stereocenters. The normalized spacial score (nSPS) is 38.0. The summed E-state index contributed by atoms with van der Waals surface area (Å²) in [5.41, 5.74) is 7.07. The molecule has 0 aliphatic heterocycles. The average Bonchev–Trinajstić information content (AvgIpc) is 2.74. The maximum absolute atomic E-state index is 11.9. The summed E-state index contributed by atoms with van der Waals surface area (Å²) in [5.74, 6) is 1.33. The number of nitrogens with one attached hydrogen (secondary N) is 1. The standard InChI is InChI=1S/C12H20N2O/c1-7(2)6-14-12(15)10-8-3-4-9(5-8)11(10)13/h8-11H,1,3-6,13H2,2H3,(H,14,15). The monoisotopic (exact) mass is 208 g/mol. The Labute approximate surface area is 91.1 Å². The third kappa shape index (κ3) is 1.93. The Kier molecular flexibility index (Phi) is 2.83. The molecule has 2 fully saturated rings. The molecule has 3 nitrogen and oxygen atoms in total. The number of carbonyl (C=O) groups excluding carboxylic acids is 1. The van der Waals surface area contributed by atoms with Crippen molar-refractivity contribution in [2.45, 2.75) is 32.2 Å². The lowest BCUT2D eigenvalue weighted by Gasteiger charge is -2.27. The van der Waals surface area contributed by atoms with Gasteiger partial charge in [-0.1, -0.05) is 12.2 Å². The van der Waals surface area contributed by atoms with Crippen LogP contribution in [0.5, 0.6) is 0 Å². The molecule has 84 valence electrons. The highest BCUT2D eigenvalue weighted by atomic mass is 16.1. The molecule has 2 aliphatic rings. The Morgan fingerprint density at radius 3 is 2.67 bits per heavy atom. The summed E-state index contributed by atoms with van der Waals surface area (Å²) in [6.07, 6.45) is 3.56. The molecule has 3 N–H and O–H groups in total. The third-order valence-corrected chi connectivity index (χ3v) is 3.85. The van der Waals surface area contributed by atoms with E-state index in [2.05, 4.69) is 11.9 Å². The topological polar surface area (TPSA) is 55.1 Å². The van der Waals surface area contributed by atoms with Crippen molar-refractivity contribution >= 4 is 5.91 Å². The largest absolute Gasteiger partial charge is 0.352 e. The summed E-state index contributed by atoms with van der Waals surface area (Å²) in [7, 11) is 0. The van der Waals surface area contributed by atoms with Gasteiger partial charge in [0.15, 0.2) is 0 Å². The molecule has 2 aliphatic carbocycles. The van der Waals surface area contributed by atoms with Gasteiger partial charge in [-0.05, 0) is 38.0 Å². The highest BCUT2D eigenvalue weighted by molar-refractivity contribution is 5.80. The molecule has 0 heterocycles. The highest BCUT2D eigenvalue weighted by Gasteiger charge is 2.48. The summed E-state index contributed by atoms with van der Waals surface area (Å²) in [5, 5.41) is 2.92. The van der Waals surface area contributed by atoms with Crippen molar-refractivity contribution in [3.05, 3.63) is 12.2 Å². The summed E-state index contributed by atoms with van der Waals surface area (Å²) in [6, 6.07) is 0.0915. The van der Waals surface area contributed by atoms with Crippen molar-refractivity contribution in [1.29, 1.82) is 0 Å². The van der Waals surface area contributed by atoms with E-state index in [0.29, 0.717) is 18.4 Å². The lowest BCUT2D eigenvalue weighted by molar-refractivity contribution is -0.126. The zero-order valence-electron chi connectivity index (χ0n) is 9.33. The van der Waals surface area contributed by atoms with Crippen molar-refractivity contribution in [1.82, 2.24) is 5.32 Å². The van der Waals surface area contributed by atoms with E-state index in [0.717, 1.165) is 12.0 Å². The molecule has 0 radical (unpaired) electrons. The van der Waals surface area contributed by atoms with Crippen LogP contribution in [0.3, 0.4) is 0 Å². The Hall–Kier alpha value is -0.830. The van der Waals surface area contributed by atoms with Crippen LogP contribution in [0, 0.1) is 17.8 Å². The fourth-order valence-electron chi connectivity index (χ4n) is 3.08. The number of nitrogens with two attached hydrogens (primary N) is 1. The van der Waals surface area contributed by atoms with Crippen molar-refractivity contribution in [3.8, 4) is 0 Å². The quantitative estimate of drug-likeness (QED) is 0.681. The van der Waals surface area contributed by atoms with Crippen molar-refractivity contribution in [3.63, 3.8) is 0 Å². The minimum absolute atomic E-state index is 0.0584. The van der Waals surface area contributed by atoms with Gasteiger partial charge in [0.05, 0.1) is 5.92 Å². The van der Waals surface area contributed by atoms with E-state index < -0.39 is 0 Å². The van der Waals surface area contributed by atoms with Crippen molar-refractivity contribution in [2.24, 2.45) is 23.5 Å². The SMILES string of the molecule is C=C(C)CNC(=O)C1C2CCC(C2)C1N. The molecule has 2 rings (SSSR count). The maximum atomic E-state index is 11.9. The fourth-order valence-corrected chi connectivity index (χ4v) is 3.08. The summed E-state index contributed by atoms with van der Waals surface area (Å²) in [4.78, 5) is 11.9. The first-order chi connectivity index (χ1) is 7.09. The zero-order valence-corrected chi connectivity index (χ0v) is 9.33. The molecule has 0 aromatic rings. The van der Waals surface area contributed by atoms with Gasteiger partial charge in [-0.25, -0.2) is 0 Å². The zero-order chi connectivity index (χ0) is 11.0. The van der Waals surface area contributed by atoms with Gasteiger partial charge in [0, 0.05) is 12.6 Å². The van der Waals surface area contributed by atoms with E-state index in [-0.39, 0.29) is 17.9 Å². The Balaban J connectivity index is 1.93. The van der Waals surface area contributed by atoms with Gasteiger partial charge in [0.25, 0.3) is 0 Å². The van der Waals surface area contributed by atoms with E-state index in [4.69, 9.17) is 5.73 Å². The van der Waals surface area contributed by atoms with Gasteiger partial charge in [-0.15, -0.1) is 0 Å². The van der Waals surface area contributed by atoms with Crippen LogP contribution in [0.15, 0.2) is 12.2 Å². The molecule has 2 saturated carbocycles. The smallest absolute Gasteiger partial charge is 0.225 e. The molecule has 0 saturated heterocycles. The lowest BCUT2D eigenvalue weighted by atomic mass is 9.84. The molecule has 0 aromatic heterocycles. The predicted octanol–water partition coefficient (Wildman–Crippen LogP) is 1.05. The molecule has 4 unspecified atom stereocenters. The molecule has 3 heteroatoms. The van der Waals surface area contributed by atoms with Gasteiger partial charge >= 0.3 is 0 Å². The van der Waals surface area contributed by atoms with E-state index >= 15 is 0 Å². The number of carbonyl (C=O) groups is 1. The molecule has 2 bridgehead atoms. The maximum Gasteiger partial charge on any atom is 0.225 e. The van der Waals surface area contributed by atoms with Crippen LogP contribution < -0.4 is 11.1 Å².